The molecule has 1 atom stereocenters. The van der Waals surface area contributed by atoms with E-state index in [-0.39, 0.29) is 11.8 Å². The molecule has 4 fully saturated rings. The van der Waals surface area contributed by atoms with Crippen LogP contribution < -0.4 is 4.90 Å². The standard InChI is InChI=1S/C28H33N3O2/c1-21(32)23-10-17-31(18-11-23)27-8-7-24(26(29-27)19-22-5-3-2-4-6-22)9-14-28(33)20-30-15-12-25(28)13-16-30/h2-8,23,25,33H,10-13,15-20H2,1H3. The number of piperidine rings is 4. The van der Waals surface area contributed by atoms with Crippen LogP contribution in [0.1, 0.15) is 49.4 Å². The molecule has 4 aliphatic rings. The molecular formula is C28H33N3O2. The smallest absolute Gasteiger partial charge is 0.141 e. The van der Waals surface area contributed by atoms with Gasteiger partial charge in [0.2, 0.25) is 0 Å². The second-order valence-corrected chi connectivity index (χ2v) is 9.92. The van der Waals surface area contributed by atoms with E-state index in [0.29, 0.717) is 18.7 Å². The highest BCUT2D eigenvalue weighted by molar-refractivity contribution is 5.78. The Morgan fingerprint density at radius 2 is 1.79 bits per heavy atom. The molecule has 2 bridgehead atoms. The van der Waals surface area contributed by atoms with Crippen LogP contribution in [0, 0.1) is 23.7 Å². The fraction of sp³-hybridized carbons (Fsp3) is 0.500. The molecule has 6 rings (SSSR count). The summed E-state index contributed by atoms with van der Waals surface area (Å²) in [6, 6.07) is 14.5. The highest BCUT2D eigenvalue weighted by Gasteiger charge is 2.44. The number of carbonyl (C=O) groups is 1. The van der Waals surface area contributed by atoms with Crippen LogP contribution >= 0.6 is 0 Å². The molecule has 2 aromatic rings. The quantitative estimate of drug-likeness (QED) is 0.735. The summed E-state index contributed by atoms with van der Waals surface area (Å²) in [7, 11) is 0. The minimum Gasteiger partial charge on any atom is -0.376 e. The maximum atomic E-state index is 11.7. The number of aliphatic hydroxyl groups is 1. The van der Waals surface area contributed by atoms with Crippen LogP contribution in [0.4, 0.5) is 5.82 Å². The lowest BCUT2D eigenvalue weighted by molar-refractivity contribution is -0.121. The third-order valence-corrected chi connectivity index (χ3v) is 7.71. The summed E-state index contributed by atoms with van der Waals surface area (Å²) >= 11 is 0. The van der Waals surface area contributed by atoms with Gasteiger partial charge in [0.25, 0.3) is 0 Å². The van der Waals surface area contributed by atoms with Crippen LogP contribution in [0.25, 0.3) is 0 Å². The lowest BCUT2D eigenvalue weighted by Gasteiger charge is -2.47. The molecule has 1 aromatic heterocycles. The molecule has 5 nitrogen and oxygen atoms in total. The highest BCUT2D eigenvalue weighted by atomic mass is 16.3. The number of Topliss-reactive ketones (excluding diaryl/α,β-unsaturated/α-hetero) is 1. The molecular weight excluding hydrogens is 410 g/mol. The number of anilines is 1. The molecule has 4 aliphatic heterocycles. The van der Waals surface area contributed by atoms with E-state index in [2.05, 4.69) is 39.8 Å². The van der Waals surface area contributed by atoms with Crippen molar-refractivity contribution in [2.75, 3.05) is 37.6 Å². The molecule has 0 saturated carbocycles. The van der Waals surface area contributed by atoms with Crippen molar-refractivity contribution in [1.29, 1.82) is 0 Å². The van der Waals surface area contributed by atoms with Crippen molar-refractivity contribution in [3.8, 4) is 11.8 Å². The molecule has 1 aromatic carbocycles. The molecule has 5 heterocycles. The number of nitrogens with zero attached hydrogens (tertiary/aromatic N) is 3. The van der Waals surface area contributed by atoms with Crippen LogP contribution in [0.2, 0.25) is 0 Å². The number of benzene rings is 1. The predicted octanol–water partition coefficient (Wildman–Crippen LogP) is 3.29. The topological polar surface area (TPSA) is 56.7 Å². The zero-order chi connectivity index (χ0) is 22.8. The number of pyridine rings is 1. The van der Waals surface area contributed by atoms with E-state index in [9.17, 15) is 9.90 Å². The van der Waals surface area contributed by atoms with Crippen LogP contribution in [0.15, 0.2) is 42.5 Å². The fourth-order valence-electron chi connectivity index (χ4n) is 5.57. The average Bonchev–Trinajstić information content (AvgIpc) is 2.84. The molecule has 172 valence electrons. The zero-order valence-corrected chi connectivity index (χ0v) is 19.5. The van der Waals surface area contributed by atoms with Crippen molar-refractivity contribution in [2.24, 2.45) is 11.8 Å². The van der Waals surface area contributed by atoms with Crippen molar-refractivity contribution in [1.82, 2.24) is 9.88 Å². The largest absolute Gasteiger partial charge is 0.376 e. The second-order valence-electron chi connectivity index (χ2n) is 9.92. The first-order valence-electron chi connectivity index (χ1n) is 12.3. The lowest BCUT2D eigenvalue weighted by atomic mass is 9.75. The monoisotopic (exact) mass is 443 g/mol. The van der Waals surface area contributed by atoms with Gasteiger partial charge >= 0.3 is 0 Å². The van der Waals surface area contributed by atoms with Gasteiger partial charge in [0.05, 0.1) is 5.69 Å². The maximum absolute atomic E-state index is 11.7. The molecule has 0 spiro atoms. The maximum Gasteiger partial charge on any atom is 0.141 e. The lowest BCUT2D eigenvalue weighted by Crippen LogP contribution is -2.58. The summed E-state index contributed by atoms with van der Waals surface area (Å²) in [6.07, 6.45) is 4.52. The van der Waals surface area contributed by atoms with Crippen molar-refractivity contribution in [3.05, 3.63) is 59.3 Å². The van der Waals surface area contributed by atoms with E-state index < -0.39 is 5.60 Å². The van der Waals surface area contributed by atoms with Crippen molar-refractivity contribution in [2.45, 2.75) is 44.6 Å². The molecule has 5 heteroatoms. The molecule has 33 heavy (non-hydrogen) atoms. The summed E-state index contributed by atoms with van der Waals surface area (Å²) in [6.45, 7) is 6.20. The van der Waals surface area contributed by atoms with E-state index in [1.165, 1.54) is 5.56 Å². The van der Waals surface area contributed by atoms with Gasteiger partial charge in [-0.15, -0.1) is 0 Å². The predicted molar refractivity (Wildman–Crippen MR) is 130 cm³/mol. The van der Waals surface area contributed by atoms with Gasteiger partial charge in [-0.3, -0.25) is 9.69 Å². The minimum atomic E-state index is -0.923. The molecule has 0 radical (unpaired) electrons. The van der Waals surface area contributed by atoms with Gasteiger partial charge in [0.1, 0.15) is 17.2 Å². The molecule has 0 amide bonds. The van der Waals surface area contributed by atoms with Gasteiger partial charge in [-0.05, 0) is 63.4 Å². The second kappa shape index (κ2) is 9.29. The van der Waals surface area contributed by atoms with E-state index in [1.54, 1.807) is 6.92 Å². The van der Waals surface area contributed by atoms with E-state index in [4.69, 9.17) is 4.98 Å². The Morgan fingerprint density at radius 1 is 1.06 bits per heavy atom. The first-order valence-corrected chi connectivity index (χ1v) is 12.3. The third kappa shape index (κ3) is 4.83. The van der Waals surface area contributed by atoms with Crippen LogP contribution in [0.3, 0.4) is 0 Å². The van der Waals surface area contributed by atoms with Crippen molar-refractivity contribution in [3.63, 3.8) is 0 Å². The number of hydrogen-bond acceptors (Lipinski definition) is 5. The summed E-state index contributed by atoms with van der Waals surface area (Å²) in [5, 5.41) is 11.3. The number of ketones is 1. The van der Waals surface area contributed by atoms with Gasteiger partial charge in [-0.2, -0.15) is 0 Å². The molecule has 1 unspecified atom stereocenters. The fourth-order valence-corrected chi connectivity index (χ4v) is 5.57. The Hall–Kier alpha value is -2.68. The Kier molecular flexibility index (Phi) is 6.23. The Labute approximate surface area is 196 Å². The van der Waals surface area contributed by atoms with Gasteiger partial charge in [0.15, 0.2) is 0 Å². The summed E-state index contributed by atoms with van der Waals surface area (Å²) in [5.74, 6) is 8.28. The van der Waals surface area contributed by atoms with Crippen LogP contribution in [-0.4, -0.2) is 59.1 Å². The van der Waals surface area contributed by atoms with Crippen molar-refractivity contribution >= 4 is 11.6 Å². The summed E-state index contributed by atoms with van der Waals surface area (Å²) in [5.41, 5.74) is 2.12. The molecule has 4 saturated heterocycles. The SMILES string of the molecule is CC(=O)C1CCN(c2ccc(C#CC3(O)CN4CCC3CC4)c(Cc3ccccc3)n2)CC1. The number of rotatable bonds is 4. The van der Waals surface area contributed by atoms with E-state index >= 15 is 0 Å². The minimum absolute atomic E-state index is 0.178. The van der Waals surface area contributed by atoms with Gasteiger partial charge < -0.3 is 10.0 Å². The Balaban J connectivity index is 1.42. The van der Waals surface area contributed by atoms with Crippen LogP contribution in [-0.2, 0) is 11.2 Å². The number of fused-ring (bicyclic) bond motifs is 3. The molecule has 0 aliphatic carbocycles. The normalized spacial score (nSPS) is 27.2. The summed E-state index contributed by atoms with van der Waals surface area (Å²) in [4.78, 5) is 21.4. The first-order chi connectivity index (χ1) is 16.0. The van der Waals surface area contributed by atoms with Gasteiger partial charge in [-0.1, -0.05) is 42.2 Å². The van der Waals surface area contributed by atoms with Crippen LogP contribution in [0.5, 0.6) is 0 Å². The van der Waals surface area contributed by atoms with E-state index in [1.807, 2.05) is 24.3 Å². The zero-order valence-electron chi connectivity index (χ0n) is 19.5. The highest BCUT2D eigenvalue weighted by Crippen LogP contribution is 2.35. The van der Waals surface area contributed by atoms with E-state index in [0.717, 1.165) is 68.9 Å². The number of aromatic nitrogens is 1. The van der Waals surface area contributed by atoms with Gasteiger partial charge in [0, 0.05) is 43.5 Å². The number of carbonyl (C=O) groups excluding carboxylic acids is 1. The third-order valence-electron chi connectivity index (χ3n) is 7.71. The average molecular weight is 444 g/mol. The Bertz CT molecular complexity index is 1060. The van der Waals surface area contributed by atoms with Crippen molar-refractivity contribution < 1.29 is 9.90 Å². The first kappa shape index (κ1) is 22.1. The summed E-state index contributed by atoms with van der Waals surface area (Å²) < 4.78 is 0. The van der Waals surface area contributed by atoms with Gasteiger partial charge in [-0.25, -0.2) is 4.98 Å². The molecule has 1 N–H and O–H groups in total. The number of hydrogen-bond donors (Lipinski definition) is 1. The Morgan fingerprint density at radius 3 is 2.42 bits per heavy atom.